The molecule has 7 heteroatoms. The molecule has 1 saturated heterocycles. The van der Waals surface area contributed by atoms with Crippen molar-refractivity contribution < 1.29 is 13.2 Å². The summed E-state index contributed by atoms with van der Waals surface area (Å²) in [6, 6.07) is 7.09. The van der Waals surface area contributed by atoms with E-state index in [4.69, 9.17) is 0 Å². The highest BCUT2D eigenvalue weighted by Crippen LogP contribution is 2.14. The molecule has 0 aromatic heterocycles. The number of hydrogen-bond acceptors (Lipinski definition) is 4. The predicted octanol–water partition coefficient (Wildman–Crippen LogP) is 0.950. The van der Waals surface area contributed by atoms with E-state index in [-0.39, 0.29) is 23.7 Å². The van der Waals surface area contributed by atoms with Gasteiger partial charge in [0.2, 0.25) is 10.0 Å². The van der Waals surface area contributed by atoms with Crippen molar-refractivity contribution in [2.24, 2.45) is 0 Å². The van der Waals surface area contributed by atoms with Gasteiger partial charge in [0, 0.05) is 37.3 Å². The number of rotatable bonds is 5. The first kappa shape index (κ1) is 17.9. The highest BCUT2D eigenvalue weighted by atomic mass is 32.2. The first-order chi connectivity index (χ1) is 10.7. The van der Waals surface area contributed by atoms with Crippen molar-refractivity contribution in [1.82, 2.24) is 14.9 Å². The molecule has 2 rings (SSSR count). The molecule has 0 aliphatic carbocycles. The van der Waals surface area contributed by atoms with Crippen LogP contribution in [0, 0.1) is 0 Å². The minimum atomic E-state index is -3.21. The van der Waals surface area contributed by atoms with E-state index in [1.807, 2.05) is 4.90 Å². The van der Waals surface area contributed by atoms with Crippen LogP contribution in [-0.2, 0) is 16.6 Å². The zero-order chi connectivity index (χ0) is 17.1. The lowest BCUT2D eigenvalue weighted by Crippen LogP contribution is -2.58. The molecule has 0 unspecified atom stereocenters. The van der Waals surface area contributed by atoms with Crippen LogP contribution >= 0.6 is 0 Å². The maximum atomic E-state index is 12.5. The molecule has 2 N–H and O–H groups in total. The lowest BCUT2D eigenvalue weighted by molar-refractivity contribution is 0.0652. The third-order valence-electron chi connectivity index (χ3n) is 3.94. The first-order valence-corrected chi connectivity index (χ1v) is 9.48. The normalized spacial score (nSPS) is 18.0. The third-order valence-corrected chi connectivity index (χ3v) is 5.28. The zero-order valence-electron chi connectivity index (χ0n) is 13.9. The maximum absolute atomic E-state index is 12.5. The number of benzene rings is 1. The second kappa shape index (κ2) is 6.98. The predicted molar refractivity (Wildman–Crippen MR) is 90.7 cm³/mol. The Labute approximate surface area is 138 Å². The van der Waals surface area contributed by atoms with Gasteiger partial charge in [-0.3, -0.25) is 4.79 Å². The van der Waals surface area contributed by atoms with Crippen molar-refractivity contribution >= 4 is 15.9 Å². The molecule has 1 heterocycles. The van der Waals surface area contributed by atoms with Crippen LogP contribution in [0.4, 0.5) is 0 Å². The highest BCUT2D eigenvalue weighted by Gasteiger charge is 2.28. The SMILES string of the molecule is CCS(=O)(=O)NCc1ccc(C(=O)N2CCNC(C)(C)C2)cc1. The molecule has 0 spiro atoms. The Kier molecular flexibility index (Phi) is 5.44. The van der Waals surface area contributed by atoms with Crippen molar-refractivity contribution in [1.29, 1.82) is 0 Å². The van der Waals surface area contributed by atoms with Crippen LogP contribution in [0.15, 0.2) is 24.3 Å². The second-order valence-electron chi connectivity index (χ2n) is 6.46. The fourth-order valence-corrected chi connectivity index (χ4v) is 3.15. The van der Waals surface area contributed by atoms with Crippen molar-refractivity contribution in [3.05, 3.63) is 35.4 Å². The number of nitrogens with zero attached hydrogens (tertiary/aromatic N) is 1. The van der Waals surface area contributed by atoms with Gasteiger partial charge in [-0.05, 0) is 38.5 Å². The van der Waals surface area contributed by atoms with Crippen LogP contribution in [0.1, 0.15) is 36.7 Å². The Balaban J connectivity index is 2.00. The summed E-state index contributed by atoms with van der Waals surface area (Å²) in [4.78, 5) is 14.4. The van der Waals surface area contributed by atoms with Crippen molar-refractivity contribution in [3.8, 4) is 0 Å². The molecule has 1 aromatic rings. The number of carbonyl (C=O) groups is 1. The zero-order valence-corrected chi connectivity index (χ0v) is 14.7. The summed E-state index contributed by atoms with van der Waals surface area (Å²) in [5, 5.41) is 3.38. The molecule has 0 atom stereocenters. The lowest BCUT2D eigenvalue weighted by atomic mass is 10.0. The quantitative estimate of drug-likeness (QED) is 0.837. The van der Waals surface area contributed by atoms with Gasteiger partial charge in [-0.25, -0.2) is 13.1 Å². The molecule has 23 heavy (non-hydrogen) atoms. The molecule has 0 bridgehead atoms. The molecule has 0 radical (unpaired) electrons. The topological polar surface area (TPSA) is 78.5 Å². The number of nitrogens with one attached hydrogen (secondary N) is 2. The molecule has 0 saturated carbocycles. The van der Waals surface area contributed by atoms with E-state index in [0.29, 0.717) is 18.7 Å². The Morgan fingerprint density at radius 2 is 1.96 bits per heavy atom. The molecule has 1 aliphatic rings. The number of amides is 1. The fraction of sp³-hybridized carbons (Fsp3) is 0.562. The average molecular weight is 339 g/mol. The van der Waals surface area contributed by atoms with Crippen LogP contribution in [0.3, 0.4) is 0 Å². The summed E-state index contributed by atoms with van der Waals surface area (Å²) in [6.07, 6.45) is 0. The van der Waals surface area contributed by atoms with Crippen LogP contribution in [-0.4, -0.2) is 50.2 Å². The largest absolute Gasteiger partial charge is 0.336 e. The van der Waals surface area contributed by atoms with E-state index in [2.05, 4.69) is 23.9 Å². The van der Waals surface area contributed by atoms with Gasteiger partial charge in [-0.15, -0.1) is 0 Å². The molecule has 128 valence electrons. The van der Waals surface area contributed by atoms with Gasteiger partial charge in [0.15, 0.2) is 0 Å². The van der Waals surface area contributed by atoms with Gasteiger partial charge >= 0.3 is 0 Å². The van der Waals surface area contributed by atoms with Gasteiger partial charge in [-0.2, -0.15) is 0 Å². The molecule has 6 nitrogen and oxygen atoms in total. The number of sulfonamides is 1. The van der Waals surface area contributed by atoms with Gasteiger partial charge in [0.05, 0.1) is 5.75 Å². The molecule has 1 aromatic carbocycles. The van der Waals surface area contributed by atoms with Crippen LogP contribution in [0.25, 0.3) is 0 Å². The van der Waals surface area contributed by atoms with Gasteiger partial charge in [-0.1, -0.05) is 12.1 Å². The highest BCUT2D eigenvalue weighted by molar-refractivity contribution is 7.89. The molecule has 1 fully saturated rings. The summed E-state index contributed by atoms with van der Waals surface area (Å²) in [5.74, 6) is 0.0720. The number of piperazine rings is 1. The van der Waals surface area contributed by atoms with Gasteiger partial charge in [0.25, 0.3) is 5.91 Å². The minimum absolute atomic E-state index is 0.0141. The Morgan fingerprint density at radius 3 is 2.52 bits per heavy atom. The minimum Gasteiger partial charge on any atom is -0.336 e. The Hall–Kier alpha value is -1.44. The van der Waals surface area contributed by atoms with Crippen molar-refractivity contribution in [3.63, 3.8) is 0 Å². The van der Waals surface area contributed by atoms with E-state index in [0.717, 1.165) is 12.1 Å². The molecular weight excluding hydrogens is 314 g/mol. The van der Waals surface area contributed by atoms with E-state index in [9.17, 15) is 13.2 Å². The first-order valence-electron chi connectivity index (χ1n) is 7.83. The monoisotopic (exact) mass is 339 g/mol. The summed E-state index contributed by atoms with van der Waals surface area (Å²) in [6.45, 7) is 8.15. The molecule has 1 aliphatic heterocycles. The average Bonchev–Trinajstić information content (AvgIpc) is 2.52. The summed E-state index contributed by atoms with van der Waals surface area (Å²) < 4.78 is 25.4. The van der Waals surface area contributed by atoms with Crippen molar-refractivity contribution in [2.75, 3.05) is 25.4 Å². The Bertz CT molecular complexity index is 654. The second-order valence-corrected chi connectivity index (χ2v) is 8.55. The molecule has 1 amide bonds. The van der Waals surface area contributed by atoms with Crippen LogP contribution < -0.4 is 10.0 Å². The van der Waals surface area contributed by atoms with E-state index < -0.39 is 10.0 Å². The summed E-state index contributed by atoms with van der Waals surface area (Å²) >= 11 is 0. The van der Waals surface area contributed by atoms with Crippen LogP contribution in [0.5, 0.6) is 0 Å². The lowest BCUT2D eigenvalue weighted by Gasteiger charge is -2.39. The standard InChI is InChI=1S/C16H25N3O3S/c1-4-23(21,22)18-11-13-5-7-14(8-6-13)15(20)19-10-9-17-16(2,3)12-19/h5-8,17-18H,4,9-12H2,1-3H3. The third kappa shape index (κ3) is 5.02. The fourth-order valence-electron chi connectivity index (χ4n) is 2.56. The van der Waals surface area contributed by atoms with E-state index >= 15 is 0 Å². The van der Waals surface area contributed by atoms with Crippen LogP contribution in [0.2, 0.25) is 0 Å². The van der Waals surface area contributed by atoms with Gasteiger partial charge < -0.3 is 10.2 Å². The van der Waals surface area contributed by atoms with E-state index in [1.54, 1.807) is 31.2 Å². The number of carbonyl (C=O) groups excluding carboxylic acids is 1. The number of hydrogen-bond donors (Lipinski definition) is 2. The molecular formula is C16H25N3O3S. The van der Waals surface area contributed by atoms with E-state index in [1.165, 1.54) is 0 Å². The maximum Gasteiger partial charge on any atom is 0.253 e. The summed E-state index contributed by atoms with van der Waals surface area (Å²) in [5.41, 5.74) is 1.38. The van der Waals surface area contributed by atoms with Gasteiger partial charge in [0.1, 0.15) is 0 Å². The smallest absolute Gasteiger partial charge is 0.253 e. The Morgan fingerprint density at radius 1 is 1.30 bits per heavy atom. The summed E-state index contributed by atoms with van der Waals surface area (Å²) in [7, 11) is -3.21. The van der Waals surface area contributed by atoms with Crippen molar-refractivity contribution in [2.45, 2.75) is 32.9 Å².